The first-order valence-corrected chi connectivity index (χ1v) is 4.64. The molecule has 0 radical (unpaired) electrons. The van der Waals surface area contributed by atoms with E-state index in [4.69, 9.17) is 4.74 Å². The zero-order valence-electron chi connectivity index (χ0n) is 9.24. The van der Waals surface area contributed by atoms with Gasteiger partial charge in [-0.25, -0.2) is 4.98 Å². The van der Waals surface area contributed by atoms with Crippen molar-refractivity contribution >= 4 is 0 Å². The summed E-state index contributed by atoms with van der Waals surface area (Å²) in [4.78, 5) is 4.11. The third kappa shape index (κ3) is 3.08. The summed E-state index contributed by atoms with van der Waals surface area (Å²) in [6.45, 7) is 5.58. The molecule has 0 saturated carbocycles. The van der Waals surface area contributed by atoms with Crippen LogP contribution in [0, 0.1) is 0 Å². The van der Waals surface area contributed by atoms with Crippen molar-refractivity contribution in [1.82, 2.24) is 20.1 Å². The third-order valence-electron chi connectivity index (χ3n) is 2.19. The SMILES string of the molecule is COC(C)(C)CNCc1ncnn1C. The molecule has 1 rings (SSSR count). The second-order valence-electron chi connectivity index (χ2n) is 3.87. The number of hydrogen-bond donors (Lipinski definition) is 1. The van der Waals surface area contributed by atoms with Gasteiger partial charge in [0.2, 0.25) is 0 Å². The second-order valence-corrected chi connectivity index (χ2v) is 3.87. The summed E-state index contributed by atoms with van der Waals surface area (Å²) >= 11 is 0. The van der Waals surface area contributed by atoms with Crippen molar-refractivity contribution < 1.29 is 4.74 Å². The summed E-state index contributed by atoms with van der Waals surface area (Å²) in [7, 11) is 3.59. The summed E-state index contributed by atoms with van der Waals surface area (Å²) in [5, 5.41) is 7.26. The lowest BCUT2D eigenvalue weighted by Crippen LogP contribution is -2.36. The number of ether oxygens (including phenoxy) is 1. The van der Waals surface area contributed by atoms with Crippen molar-refractivity contribution in [1.29, 1.82) is 0 Å². The quantitative estimate of drug-likeness (QED) is 0.740. The van der Waals surface area contributed by atoms with E-state index in [1.165, 1.54) is 0 Å². The molecule has 0 fully saturated rings. The third-order valence-corrected chi connectivity index (χ3v) is 2.19. The van der Waals surface area contributed by atoms with Crippen molar-refractivity contribution in [3.05, 3.63) is 12.2 Å². The van der Waals surface area contributed by atoms with E-state index in [1.54, 1.807) is 18.1 Å². The van der Waals surface area contributed by atoms with Crippen LogP contribution in [0.3, 0.4) is 0 Å². The first kappa shape index (κ1) is 11.1. The molecule has 0 atom stereocenters. The molecule has 0 amide bonds. The summed E-state index contributed by atoms with van der Waals surface area (Å²) < 4.78 is 7.04. The van der Waals surface area contributed by atoms with E-state index in [-0.39, 0.29) is 5.60 Å². The van der Waals surface area contributed by atoms with Gasteiger partial charge in [0.15, 0.2) is 0 Å². The molecule has 1 aromatic heterocycles. The molecule has 0 unspecified atom stereocenters. The number of rotatable bonds is 5. The Balaban J connectivity index is 2.32. The number of nitrogens with zero attached hydrogens (tertiary/aromatic N) is 3. The lowest BCUT2D eigenvalue weighted by molar-refractivity contribution is 0.0229. The van der Waals surface area contributed by atoms with Crippen LogP contribution in [0.25, 0.3) is 0 Å². The average Bonchev–Trinajstić information content (AvgIpc) is 2.52. The van der Waals surface area contributed by atoms with Crippen molar-refractivity contribution in [3.8, 4) is 0 Å². The van der Waals surface area contributed by atoms with Crippen molar-refractivity contribution in [2.24, 2.45) is 7.05 Å². The van der Waals surface area contributed by atoms with Crippen molar-refractivity contribution in [2.45, 2.75) is 26.0 Å². The summed E-state index contributed by atoms with van der Waals surface area (Å²) in [5.41, 5.74) is -0.140. The van der Waals surface area contributed by atoms with Crippen LogP contribution < -0.4 is 5.32 Å². The van der Waals surface area contributed by atoms with Crippen LogP contribution in [0.4, 0.5) is 0 Å². The summed E-state index contributed by atoms with van der Waals surface area (Å²) in [5.74, 6) is 0.928. The van der Waals surface area contributed by atoms with Crippen LogP contribution in [0.5, 0.6) is 0 Å². The highest BCUT2D eigenvalue weighted by Gasteiger charge is 2.15. The van der Waals surface area contributed by atoms with Gasteiger partial charge in [-0.1, -0.05) is 0 Å². The predicted molar refractivity (Wildman–Crippen MR) is 53.8 cm³/mol. The number of aryl methyl sites for hydroxylation is 1. The van der Waals surface area contributed by atoms with Crippen LogP contribution >= 0.6 is 0 Å². The minimum atomic E-state index is -0.140. The van der Waals surface area contributed by atoms with E-state index in [2.05, 4.69) is 15.4 Å². The van der Waals surface area contributed by atoms with Gasteiger partial charge >= 0.3 is 0 Å². The highest BCUT2D eigenvalue weighted by molar-refractivity contribution is 4.83. The Hall–Kier alpha value is -0.940. The zero-order valence-corrected chi connectivity index (χ0v) is 9.24. The molecule has 1 heterocycles. The minimum Gasteiger partial charge on any atom is -0.377 e. The van der Waals surface area contributed by atoms with Gasteiger partial charge in [-0.05, 0) is 13.8 Å². The number of methoxy groups -OCH3 is 1. The molecule has 0 aliphatic heterocycles. The molecule has 0 spiro atoms. The Labute approximate surface area is 84.5 Å². The normalized spacial score (nSPS) is 12.0. The monoisotopic (exact) mass is 198 g/mol. The van der Waals surface area contributed by atoms with E-state index in [0.717, 1.165) is 12.4 Å². The number of aromatic nitrogens is 3. The zero-order chi connectivity index (χ0) is 10.6. The van der Waals surface area contributed by atoms with Gasteiger partial charge in [0.1, 0.15) is 12.2 Å². The van der Waals surface area contributed by atoms with E-state index >= 15 is 0 Å². The standard InChI is InChI=1S/C9H18N4O/c1-9(2,14-4)6-10-5-8-11-7-12-13(8)3/h7,10H,5-6H2,1-4H3. The van der Waals surface area contributed by atoms with Crippen LogP contribution in [0.15, 0.2) is 6.33 Å². The fraction of sp³-hybridized carbons (Fsp3) is 0.778. The Kier molecular flexibility index (Phi) is 3.60. The Bertz CT molecular complexity index is 282. The molecule has 14 heavy (non-hydrogen) atoms. The van der Waals surface area contributed by atoms with Gasteiger partial charge in [-0.3, -0.25) is 4.68 Å². The van der Waals surface area contributed by atoms with Gasteiger partial charge in [0, 0.05) is 20.7 Å². The first-order chi connectivity index (χ1) is 6.55. The molecule has 1 aromatic rings. The van der Waals surface area contributed by atoms with Gasteiger partial charge in [-0.15, -0.1) is 0 Å². The molecule has 0 aromatic carbocycles. The minimum absolute atomic E-state index is 0.140. The molecule has 5 nitrogen and oxygen atoms in total. The maximum atomic E-state index is 5.28. The van der Waals surface area contributed by atoms with Crippen LogP contribution in [0.1, 0.15) is 19.7 Å². The van der Waals surface area contributed by atoms with Gasteiger partial charge in [0.25, 0.3) is 0 Å². The topological polar surface area (TPSA) is 52.0 Å². The Morgan fingerprint density at radius 3 is 2.79 bits per heavy atom. The van der Waals surface area contributed by atoms with E-state index in [0.29, 0.717) is 6.54 Å². The smallest absolute Gasteiger partial charge is 0.140 e. The first-order valence-electron chi connectivity index (χ1n) is 4.64. The Morgan fingerprint density at radius 2 is 2.29 bits per heavy atom. The summed E-state index contributed by atoms with van der Waals surface area (Å²) in [6.07, 6.45) is 1.55. The molecule has 5 heteroatoms. The fourth-order valence-electron chi connectivity index (χ4n) is 1.03. The van der Waals surface area contributed by atoms with Crippen molar-refractivity contribution in [2.75, 3.05) is 13.7 Å². The van der Waals surface area contributed by atoms with E-state index < -0.39 is 0 Å². The number of nitrogens with one attached hydrogen (secondary N) is 1. The second kappa shape index (κ2) is 4.52. The molecular formula is C9H18N4O. The van der Waals surface area contributed by atoms with Crippen molar-refractivity contribution in [3.63, 3.8) is 0 Å². The van der Waals surface area contributed by atoms with Gasteiger partial charge in [-0.2, -0.15) is 5.10 Å². The Morgan fingerprint density at radius 1 is 1.57 bits per heavy atom. The summed E-state index contributed by atoms with van der Waals surface area (Å²) in [6, 6.07) is 0. The van der Waals surface area contributed by atoms with E-state index in [9.17, 15) is 0 Å². The molecule has 80 valence electrons. The van der Waals surface area contributed by atoms with Gasteiger partial charge < -0.3 is 10.1 Å². The molecular weight excluding hydrogens is 180 g/mol. The largest absolute Gasteiger partial charge is 0.377 e. The van der Waals surface area contributed by atoms with Gasteiger partial charge in [0.05, 0.1) is 12.1 Å². The fourth-order valence-corrected chi connectivity index (χ4v) is 1.03. The van der Waals surface area contributed by atoms with Crippen LogP contribution in [0.2, 0.25) is 0 Å². The lowest BCUT2D eigenvalue weighted by Gasteiger charge is -2.22. The highest BCUT2D eigenvalue weighted by Crippen LogP contribution is 2.04. The molecule has 0 aliphatic rings. The molecule has 1 N–H and O–H groups in total. The van der Waals surface area contributed by atoms with Crippen LogP contribution in [-0.4, -0.2) is 34.0 Å². The average molecular weight is 198 g/mol. The van der Waals surface area contributed by atoms with E-state index in [1.807, 2.05) is 20.9 Å². The maximum Gasteiger partial charge on any atom is 0.140 e. The molecule has 0 bridgehead atoms. The predicted octanol–water partition coefficient (Wildman–Crippen LogP) is 0.330. The lowest BCUT2D eigenvalue weighted by atomic mass is 10.1. The van der Waals surface area contributed by atoms with Crippen LogP contribution in [-0.2, 0) is 18.3 Å². The number of hydrogen-bond acceptors (Lipinski definition) is 4. The molecule has 0 aliphatic carbocycles. The highest BCUT2D eigenvalue weighted by atomic mass is 16.5. The molecule has 0 saturated heterocycles. The maximum absolute atomic E-state index is 5.28.